The third kappa shape index (κ3) is 3.72. The molecule has 0 aliphatic carbocycles. The normalized spacial score (nSPS) is 16.8. The largest absolute Gasteiger partial charge is 0.497 e. The summed E-state index contributed by atoms with van der Waals surface area (Å²) in [5.74, 6) is 2.17. The molecule has 0 bridgehead atoms. The number of hydrogen-bond donors (Lipinski definition) is 0. The van der Waals surface area contributed by atoms with Crippen molar-refractivity contribution in [3.8, 4) is 23.0 Å². The van der Waals surface area contributed by atoms with Gasteiger partial charge in [-0.3, -0.25) is 9.69 Å². The van der Waals surface area contributed by atoms with Crippen molar-refractivity contribution in [1.29, 1.82) is 0 Å². The van der Waals surface area contributed by atoms with Gasteiger partial charge in [-0.2, -0.15) is 0 Å². The first-order valence-electron chi connectivity index (χ1n) is 9.63. The first-order chi connectivity index (χ1) is 15.1. The Bertz CT molecular complexity index is 1080. The summed E-state index contributed by atoms with van der Waals surface area (Å²) < 4.78 is 21.7. The van der Waals surface area contributed by atoms with Crippen molar-refractivity contribution in [2.45, 2.75) is 6.04 Å². The predicted octanol–water partition coefficient (Wildman–Crippen LogP) is 4.95. The zero-order valence-electron chi connectivity index (χ0n) is 17.7. The summed E-state index contributed by atoms with van der Waals surface area (Å²) in [4.78, 5) is 16.0. The van der Waals surface area contributed by atoms with Gasteiger partial charge in [0.1, 0.15) is 5.75 Å². The lowest BCUT2D eigenvalue weighted by Gasteiger charge is -2.43. The molecule has 0 radical (unpaired) electrons. The van der Waals surface area contributed by atoms with E-state index in [1.54, 1.807) is 56.8 Å². The molecule has 1 aliphatic rings. The molecule has 1 atom stereocenters. The molecule has 6 nitrogen and oxygen atoms in total. The van der Waals surface area contributed by atoms with Crippen LogP contribution in [0.15, 0.2) is 59.5 Å². The van der Waals surface area contributed by atoms with E-state index in [2.05, 4.69) is 0 Å². The molecule has 160 valence electrons. The Morgan fingerprint density at radius 2 is 1.58 bits per heavy atom. The van der Waals surface area contributed by atoms with Crippen LogP contribution in [0.4, 0.5) is 5.69 Å². The molecule has 4 rings (SSSR count). The summed E-state index contributed by atoms with van der Waals surface area (Å²) >= 11 is 1.60. The highest BCUT2D eigenvalue weighted by atomic mass is 32.1. The highest BCUT2D eigenvalue weighted by Gasteiger charge is 2.44. The highest BCUT2D eigenvalue weighted by Crippen LogP contribution is 2.49. The van der Waals surface area contributed by atoms with Gasteiger partial charge in [0.05, 0.1) is 40.2 Å². The van der Waals surface area contributed by atoms with Gasteiger partial charge in [-0.15, -0.1) is 11.3 Å². The quantitative estimate of drug-likeness (QED) is 0.387. The Hall–Kier alpha value is -3.45. The number of methoxy groups -OCH3 is 4. The number of rotatable bonds is 7. The van der Waals surface area contributed by atoms with Gasteiger partial charge in [0, 0.05) is 22.6 Å². The monoisotopic (exact) mass is 437 g/mol. The van der Waals surface area contributed by atoms with Crippen LogP contribution < -0.4 is 23.8 Å². The van der Waals surface area contributed by atoms with Crippen LogP contribution in [0.2, 0.25) is 0 Å². The molecular formula is C24H23NO5S. The second-order valence-corrected chi connectivity index (χ2v) is 7.83. The lowest BCUT2D eigenvalue weighted by molar-refractivity contribution is -0.118. The third-order valence-corrected chi connectivity index (χ3v) is 6.04. The first-order valence-corrected chi connectivity index (χ1v) is 10.5. The van der Waals surface area contributed by atoms with Crippen LogP contribution in [0.5, 0.6) is 23.0 Å². The Morgan fingerprint density at radius 1 is 0.903 bits per heavy atom. The van der Waals surface area contributed by atoms with Crippen LogP contribution >= 0.6 is 11.3 Å². The average Bonchev–Trinajstić information content (AvgIpc) is 3.33. The van der Waals surface area contributed by atoms with Gasteiger partial charge in [0.25, 0.3) is 5.91 Å². The number of nitrogens with zero attached hydrogens (tertiary/aromatic N) is 1. The van der Waals surface area contributed by atoms with Crippen molar-refractivity contribution in [3.05, 3.63) is 69.9 Å². The summed E-state index contributed by atoms with van der Waals surface area (Å²) in [6.07, 6.45) is 1.95. The number of carbonyl (C=O) groups is 1. The summed E-state index contributed by atoms with van der Waals surface area (Å²) in [6.45, 7) is 0. The Kier molecular flexibility index (Phi) is 5.86. The zero-order chi connectivity index (χ0) is 22.0. The number of β-lactam (4-membered cyclic amide) rings is 1. The first kappa shape index (κ1) is 20.8. The predicted molar refractivity (Wildman–Crippen MR) is 122 cm³/mol. The lowest BCUT2D eigenvalue weighted by Crippen LogP contribution is -2.49. The molecule has 3 aromatic rings. The van der Waals surface area contributed by atoms with Gasteiger partial charge in [0.15, 0.2) is 11.5 Å². The van der Waals surface area contributed by atoms with E-state index in [4.69, 9.17) is 18.9 Å². The van der Waals surface area contributed by atoms with E-state index in [0.717, 1.165) is 21.8 Å². The molecule has 7 heteroatoms. The van der Waals surface area contributed by atoms with Gasteiger partial charge in [-0.1, -0.05) is 18.2 Å². The molecule has 1 fully saturated rings. The van der Waals surface area contributed by atoms with Gasteiger partial charge in [-0.05, 0) is 35.2 Å². The van der Waals surface area contributed by atoms with E-state index in [0.29, 0.717) is 22.9 Å². The van der Waals surface area contributed by atoms with Gasteiger partial charge >= 0.3 is 0 Å². The minimum atomic E-state index is -0.247. The van der Waals surface area contributed by atoms with Gasteiger partial charge in [-0.25, -0.2) is 0 Å². The van der Waals surface area contributed by atoms with Crippen molar-refractivity contribution in [1.82, 2.24) is 0 Å². The average molecular weight is 438 g/mol. The molecule has 0 N–H and O–H groups in total. The molecule has 1 saturated heterocycles. The Morgan fingerprint density at radius 3 is 2.10 bits per heavy atom. The van der Waals surface area contributed by atoms with Crippen LogP contribution in [0.3, 0.4) is 0 Å². The molecule has 2 aromatic carbocycles. The van der Waals surface area contributed by atoms with Crippen molar-refractivity contribution < 1.29 is 23.7 Å². The van der Waals surface area contributed by atoms with E-state index in [-0.39, 0.29) is 11.9 Å². The fourth-order valence-electron chi connectivity index (χ4n) is 3.70. The zero-order valence-corrected chi connectivity index (χ0v) is 18.6. The molecule has 1 amide bonds. The van der Waals surface area contributed by atoms with E-state index >= 15 is 0 Å². The molecule has 0 unspecified atom stereocenters. The second kappa shape index (κ2) is 8.73. The maximum Gasteiger partial charge on any atom is 0.257 e. The molecule has 2 heterocycles. The number of ether oxygens (including phenoxy) is 4. The summed E-state index contributed by atoms with van der Waals surface area (Å²) in [6, 6.07) is 15.0. The Balaban J connectivity index is 1.81. The van der Waals surface area contributed by atoms with Crippen LogP contribution in [-0.2, 0) is 4.79 Å². The van der Waals surface area contributed by atoms with Crippen LogP contribution in [-0.4, -0.2) is 34.3 Å². The maximum absolute atomic E-state index is 13.3. The fourth-order valence-corrected chi connectivity index (χ4v) is 4.37. The molecule has 0 spiro atoms. The summed E-state index contributed by atoms with van der Waals surface area (Å²) in [5.41, 5.74) is 2.38. The fraction of sp³-hybridized carbons (Fsp3) is 0.208. The van der Waals surface area contributed by atoms with E-state index in [1.807, 2.05) is 47.9 Å². The third-order valence-electron chi connectivity index (χ3n) is 5.22. The van der Waals surface area contributed by atoms with Crippen molar-refractivity contribution in [2.24, 2.45) is 0 Å². The number of carbonyl (C=O) groups excluding carboxylic acids is 1. The van der Waals surface area contributed by atoms with Crippen LogP contribution in [0.1, 0.15) is 16.5 Å². The smallest absolute Gasteiger partial charge is 0.257 e. The SMILES string of the molecule is COc1ccc([C@@H]2/C(=C/c3cccs3)C(=O)N2c2cc(OC)c(OC)c(OC)c2)cc1. The van der Waals surface area contributed by atoms with E-state index in [1.165, 1.54) is 0 Å². The molecular weight excluding hydrogens is 414 g/mol. The summed E-state index contributed by atoms with van der Waals surface area (Å²) in [5, 5.41) is 1.99. The maximum atomic E-state index is 13.3. The number of amides is 1. The minimum absolute atomic E-state index is 0.0662. The van der Waals surface area contributed by atoms with Crippen LogP contribution in [0.25, 0.3) is 6.08 Å². The van der Waals surface area contributed by atoms with E-state index < -0.39 is 0 Å². The van der Waals surface area contributed by atoms with E-state index in [9.17, 15) is 4.79 Å². The molecule has 0 saturated carbocycles. The number of anilines is 1. The molecule has 31 heavy (non-hydrogen) atoms. The lowest BCUT2D eigenvalue weighted by atomic mass is 9.86. The topological polar surface area (TPSA) is 57.2 Å². The standard InChI is InChI=1S/C24H23NO5S/c1-27-17-9-7-15(8-10-17)22-19(14-18-6-5-11-31-18)24(26)25(22)16-12-20(28-2)23(30-4)21(13-16)29-3/h5-14,22H,1-4H3/b19-14-/t22-/m1/s1. The molecule has 1 aromatic heterocycles. The second-order valence-electron chi connectivity index (χ2n) is 6.85. The number of thiophene rings is 1. The van der Waals surface area contributed by atoms with Crippen molar-refractivity contribution >= 4 is 29.0 Å². The van der Waals surface area contributed by atoms with Gasteiger partial charge in [0.2, 0.25) is 5.75 Å². The minimum Gasteiger partial charge on any atom is -0.497 e. The summed E-state index contributed by atoms with van der Waals surface area (Å²) in [7, 11) is 6.30. The van der Waals surface area contributed by atoms with Crippen molar-refractivity contribution in [2.75, 3.05) is 33.3 Å². The Labute approximate surface area is 185 Å². The number of benzene rings is 2. The van der Waals surface area contributed by atoms with Gasteiger partial charge < -0.3 is 18.9 Å². The van der Waals surface area contributed by atoms with Crippen molar-refractivity contribution in [3.63, 3.8) is 0 Å². The highest BCUT2D eigenvalue weighted by molar-refractivity contribution is 7.10. The molecule has 1 aliphatic heterocycles. The number of hydrogen-bond acceptors (Lipinski definition) is 6. The van der Waals surface area contributed by atoms with Crippen LogP contribution in [0, 0.1) is 0 Å².